The molecular formula is C16H16N2. The van der Waals surface area contributed by atoms with Gasteiger partial charge in [0.05, 0.1) is 6.07 Å². The monoisotopic (exact) mass is 236 g/mol. The van der Waals surface area contributed by atoms with Crippen LogP contribution in [0.3, 0.4) is 0 Å². The van der Waals surface area contributed by atoms with E-state index in [2.05, 4.69) is 6.07 Å². The summed E-state index contributed by atoms with van der Waals surface area (Å²) < 4.78 is 0. The van der Waals surface area contributed by atoms with E-state index in [0.717, 1.165) is 11.3 Å². The molecule has 0 saturated heterocycles. The molecule has 0 aliphatic carbocycles. The number of hydrogen-bond donors (Lipinski definition) is 0. The molecule has 0 aliphatic rings. The number of nitriles is 1. The Bertz CT molecular complexity index is 542. The predicted octanol–water partition coefficient (Wildman–Crippen LogP) is 3.56. The quantitative estimate of drug-likeness (QED) is 0.814. The van der Waals surface area contributed by atoms with Crippen LogP contribution < -0.4 is 4.90 Å². The molecule has 2 heteroatoms. The van der Waals surface area contributed by atoms with Crippen LogP contribution >= 0.6 is 0 Å². The Hall–Kier alpha value is -2.27. The van der Waals surface area contributed by atoms with Crippen molar-refractivity contribution in [3.05, 3.63) is 66.2 Å². The SMILES string of the molecule is CN(c1ccccc1)C(C)(C#N)c1ccccc1. The molecule has 0 amide bonds. The summed E-state index contributed by atoms with van der Waals surface area (Å²) in [6.45, 7) is 1.94. The molecular weight excluding hydrogens is 220 g/mol. The fourth-order valence-corrected chi connectivity index (χ4v) is 2.01. The first-order valence-corrected chi connectivity index (χ1v) is 5.94. The highest BCUT2D eigenvalue weighted by Gasteiger charge is 2.31. The van der Waals surface area contributed by atoms with Gasteiger partial charge in [-0.15, -0.1) is 0 Å². The number of hydrogen-bond acceptors (Lipinski definition) is 2. The van der Waals surface area contributed by atoms with Crippen LogP contribution in [0.2, 0.25) is 0 Å². The van der Waals surface area contributed by atoms with E-state index in [1.54, 1.807) is 0 Å². The van der Waals surface area contributed by atoms with E-state index in [0.29, 0.717) is 0 Å². The molecule has 18 heavy (non-hydrogen) atoms. The lowest BCUT2D eigenvalue weighted by Gasteiger charge is -2.35. The second-order valence-corrected chi connectivity index (χ2v) is 4.44. The largest absolute Gasteiger partial charge is 0.353 e. The van der Waals surface area contributed by atoms with Gasteiger partial charge in [-0.2, -0.15) is 5.26 Å². The third kappa shape index (κ3) is 2.08. The molecule has 0 spiro atoms. The van der Waals surface area contributed by atoms with Crippen LogP contribution in [0.5, 0.6) is 0 Å². The van der Waals surface area contributed by atoms with E-state index >= 15 is 0 Å². The maximum atomic E-state index is 9.58. The molecule has 0 aromatic heterocycles. The number of nitrogens with zero attached hydrogens (tertiary/aromatic N) is 2. The third-order valence-electron chi connectivity index (χ3n) is 3.37. The second kappa shape index (κ2) is 4.93. The van der Waals surface area contributed by atoms with Crippen LogP contribution in [-0.4, -0.2) is 7.05 Å². The van der Waals surface area contributed by atoms with Gasteiger partial charge in [-0.3, -0.25) is 0 Å². The zero-order valence-corrected chi connectivity index (χ0v) is 10.7. The molecule has 0 bridgehead atoms. The Morgan fingerprint density at radius 2 is 1.44 bits per heavy atom. The van der Waals surface area contributed by atoms with Gasteiger partial charge in [-0.25, -0.2) is 0 Å². The van der Waals surface area contributed by atoms with Crippen LogP contribution in [0.4, 0.5) is 5.69 Å². The number of para-hydroxylation sites is 1. The van der Waals surface area contributed by atoms with Gasteiger partial charge in [0.15, 0.2) is 0 Å². The molecule has 0 fully saturated rings. The lowest BCUT2D eigenvalue weighted by molar-refractivity contribution is 0.595. The molecule has 1 unspecified atom stereocenters. The van der Waals surface area contributed by atoms with E-state index in [4.69, 9.17) is 0 Å². The molecule has 2 aromatic rings. The fraction of sp³-hybridized carbons (Fsp3) is 0.188. The van der Waals surface area contributed by atoms with E-state index in [9.17, 15) is 5.26 Å². The molecule has 0 saturated carbocycles. The molecule has 0 aliphatic heterocycles. The Balaban J connectivity index is 2.43. The number of benzene rings is 2. The van der Waals surface area contributed by atoms with Crippen LogP contribution in [0.25, 0.3) is 0 Å². The molecule has 0 radical (unpaired) electrons. The zero-order chi connectivity index (χ0) is 13.0. The van der Waals surface area contributed by atoms with Crippen LogP contribution in [0.15, 0.2) is 60.7 Å². The van der Waals surface area contributed by atoms with Crippen molar-refractivity contribution in [2.24, 2.45) is 0 Å². The highest BCUT2D eigenvalue weighted by Crippen LogP contribution is 2.30. The predicted molar refractivity (Wildman–Crippen MR) is 74.3 cm³/mol. The first-order chi connectivity index (χ1) is 8.68. The molecule has 90 valence electrons. The molecule has 0 heterocycles. The van der Waals surface area contributed by atoms with Crippen molar-refractivity contribution in [1.29, 1.82) is 5.26 Å². The first-order valence-electron chi connectivity index (χ1n) is 5.94. The third-order valence-corrected chi connectivity index (χ3v) is 3.37. The topological polar surface area (TPSA) is 27.0 Å². The smallest absolute Gasteiger partial charge is 0.150 e. The van der Waals surface area contributed by atoms with E-state index < -0.39 is 5.54 Å². The van der Waals surface area contributed by atoms with E-state index in [1.807, 2.05) is 79.5 Å². The van der Waals surface area contributed by atoms with Gasteiger partial charge in [0, 0.05) is 12.7 Å². The Morgan fingerprint density at radius 1 is 0.944 bits per heavy atom. The summed E-state index contributed by atoms with van der Waals surface area (Å²) in [7, 11) is 1.95. The molecule has 2 rings (SSSR count). The summed E-state index contributed by atoms with van der Waals surface area (Å²) in [4.78, 5) is 2.00. The lowest BCUT2D eigenvalue weighted by atomic mass is 9.91. The Kier molecular flexibility index (Phi) is 3.34. The molecule has 2 aromatic carbocycles. The van der Waals surface area contributed by atoms with Gasteiger partial charge in [-0.1, -0.05) is 48.5 Å². The average molecular weight is 236 g/mol. The van der Waals surface area contributed by atoms with Gasteiger partial charge in [0.1, 0.15) is 5.54 Å². The van der Waals surface area contributed by atoms with Crippen molar-refractivity contribution in [2.75, 3.05) is 11.9 Å². The summed E-state index contributed by atoms with van der Waals surface area (Å²) >= 11 is 0. The van der Waals surface area contributed by atoms with Crippen LogP contribution in [0.1, 0.15) is 12.5 Å². The second-order valence-electron chi connectivity index (χ2n) is 4.44. The standard InChI is InChI=1S/C16H16N2/c1-16(13-17,14-9-5-3-6-10-14)18(2)15-11-7-4-8-12-15/h3-12H,1-2H3. The van der Waals surface area contributed by atoms with Crippen molar-refractivity contribution in [1.82, 2.24) is 0 Å². The van der Waals surface area contributed by atoms with Gasteiger partial charge in [-0.05, 0) is 24.6 Å². The summed E-state index contributed by atoms with van der Waals surface area (Å²) in [5.74, 6) is 0. The van der Waals surface area contributed by atoms with Crippen molar-refractivity contribution in [2.45, 2.75) is 12.5 Å². The summed E-state index contributed by atoms with van der Waals surface area (Å²) in [5.41, 5.74) is 1.37. The first kappa shape index (κ1) is 12.2. The van der Waals surface area contributed by atoms with Gasteiger partial charge in [0.25, 0.3) is 0 Å². The highest BCUT2D eigenvalue weighted by atomic mass is 15.2. The van der Waals surface area contributed by atoms with Crippen molar-refractivity contribution in [3.63, 3.8) is 0 Å². The van der Waals surface area contributed by atoms with Crippen LogP contribution in [-0.2, 0) is 5.54 Å². The fourth-order valence-electron chi connectivity index (χ4n) is 2.01. The molecule has 1 atom stereocenters. The maximum absolute atomic E-state index is 9.58. The van der Waals surface area contributed by atoms with Crippen LogP contribution in [0, 0.1) is 11.3 Å². The zero-order valence-electron chi connectivity index (χ0n) is 10.7. The minimum atomic E-state index is -0.664. The minimum Gasteiger partial charge on any atom is -0.353 e. The maximum Gasteiger partial charge on any atom is 0.150 e. The summed E-state index contributed by atoms with van der Waals surface area (Å²) in [6, 6.07) is 22.2. The van der Waals surface area contributed by atoms with Crippen molar-refractivity contribution in [3.8, 4) is 6.07 Å². The van der Waals surface area contributed by atoms with E-state index in [1.165, 1.54) is 0 Å². The number of anilines is 1. The lowest BCUT2D eigenvalue weighted by Crippen LogP contribution is -2.40. The summed E-state index contributed by atoms with van der Waals surface area (Å²) in [6.07, 6.45) is 0. The van der Waals surface area contributed by atoms with Gasteiger partial charge < -0.3 is 4.90 Å². The number of rotatable bonds is 3. The minimum absolute atomic E-state index is 0.664. The normalized spacial score (nSPS) is 13.4. The van der Waals surface area contributed by atoms with Gasteiger partial charge >= 0.3 is 0 Å². The Morgan fingerprint density at radius 3 is 1.94 bits per heavy atom. The molecule has 0 N–H and O–H groups in total. The summed E-state index contributed by atoms with van der Waals surface area (Å²) in [5, 5.41) is 9.58. The highest BCUT2D eigenvalue weighted by molar-refractivity contribution is 5.53. The van der Waals surface area contributed by atoms with E-state index in [-0.39, 0.29) is 0 Å². The average Bonchev–Trinajstić information content (AvgIpc) is 2.47. The molecule has 2 nitrogen and oxygen atoms in total. The van der Waals surface area contributed by atoms with Crippen molar-refractivity contribution < 1.29 is 0 Å². The van der Waals surface area contributed by atoms with Gasteiger partial charge in [0.2, 0.25) is 0 Å². The Labute approximate surface area is 108 Å². The van der Waals surface area contributed by atoms with Crippen molar-refractivity contribution >= 4 is 5.69 Å².